The second kappa shape index (κ2) is 8.13. The SMILES string of the molecule is CC(=O)c1ccc(OC[C@H](O)CN2CCC[C@H]3CCCC[C@H]32)cc1. The first-order valence-corrected chi connectivity index (χ1v) is 9.29. The number of aliphatic hydroxyl groups excluding tert-OH is 1. The van der Waals surface area contributed by atoms with Crippen molar-refractivity contribution in [3.8, 4) is 5.75 Å². The number of β-amino-alcohol motifs (C(OH)–C–C–N with tert-alkyl or cyclic N) is 1. The Bertz CT molecular complexity index is 540. The second-order valence-electron chi connectivity index (χ2n) is 7.29. The van der Waals surface area contributed by atoms with Crippen molar-refractivity contribution in [2.75, 3.05) is 19.7 Å². The third kappa shape index (κ3) is 4.37. The molecule has 1 aliphatic heterocycles. The first-order chi connectivity index (χ1) is 11.6. The van der Waals surface area contributed by atoms with Gasteiger partial charge >= 0.3 is 0 Å². The molecule has 1 saturated heterocycles. The number of Topliss-reactive ketones (excluding diaryl/α,β-unsaturated/α-hetero) is 1. The topological polar surface area (TPSA) is 49.8 Å². The summed E-state index contributed by atoms with van der Waals surface area (Å²) >= 11 is 0. The van der Waals surface area contributed by atoms with Crippen LogP contribution in [-0.4, -0.2) is 47.6 Å². The summed E-state index contributed by atoms with van der Waals surface area (Å²) in [6, 6.07) is 7.78. The van der Waals surface area contributed by atoms with E-state index in [4.69, 9.17) is 4.74 Å². The van der Waals surface area contributed by atoms with Crippen LogP contribution < -0.4 is 4.74 Å². The van der Waals surface area contributed by atoms with Gasteiger partial charge in [0.15, 0.2) is 5.78 Å². The number of hydrogen-bond acceptors (Lipinski definition) is 4. The molecule has 0 aromatic heterocycles. The number of piperidine rings is 1. The van der Waals surface area contributed by atoms with E-state index in [1.165, 1.54) is 38.5 Å². The lowest BCUT2D eigenvalue weighted by Gasteiger charge is -2.44. The fourth-order valence-corrected chi connectivity index (χ4v) is 4.26. The van der Waals surface area contributed by atoms with Crippen LogP contribution in [0.5, 0.6) is 5.75 Å². The standard InChI is InChI=1S/C20H29NO3/c1-15(22)16-8-10-19(11-9-16)24-14-18(23)13-21-12-4-6-17-5-2-3-7-20(17)21/h8-11,17-18,20,23H,2-7,12-14H2,1H3/t17-,18-,20-/m1/s1. The molecule has 1 N–H and O–H groups in total. The fourth-order valence-electron chi connectivity index (χ4n) is 4.26. The summed E-state index contributed by atoms with van der Waals surface area (Å²) in [6.07, 6.45) is 7.47. The number of aliphatic hydroxyl groups is 1. The summed E-state index contributed by atoms with van der Waals surface area (Å²) in [5.41, 5.74) is 0.680. The minimum atomic E-state index is -0.474. The average molecular weight is 331 g/mol. The zero-order valence-corrected chi connectivity index (χ0v) is 14.6. The van der Waals surface area contributed by atoms with Gasteiger partial charge in [0.1, 0.15) is 18.5 Å². The van der Waals surface area contributed by atoms with E-state index in [2.05, 4.69) is 4.90 Å². The number of rotatable bonds is 6. The van der Waals surface area contributed by atoms with Gasteiger partial charge < -0.3 is 9.84 Å². The van der Waals surface area contributed by atoms with E-state index in [9.17, 15) is 9.90 Å². The van der Waals surface area contributed by atoms with Gasteiger partial charge in [-0.15, -0.1) is 0 Å². The highest BCUT2D eigenvalue weighted by molar-refractivity contribution is 5.94. The number of nitrogens with zero attached hydrogens (tertiary/aromatic N) is 1. The molecule has 3 rings (SSSR count). The summed E-state index contributed by atoms with van der Waals surface area (Å²) in [5.74, 6) is 1.58. The molecular weight excluding hydrogens is 302 g/mol. The van der Waals surface area contributed by atoms with Crippen LogP contribution in [0.3, 0.4) is 0 Å². The minimum Gasteiger partial charge on any atom is -0.491 e. The number of benzene rings is 1. The molecule has 1 aliphatic carbocycles. The van der Waals surface area contributed by atoms with Crippen molar-refractivity contribution in [3.63, 3.8) is 0 Å². The average Bonchev–Trinajstić information content (AvgIpc) is 2.61. The first kappa shape index (κ1) is 17.4. The summed E-state index contributed by atoms with van der Waals surface area (Å²) in [6.45, 7) is 3.66. The molecule has 1 heterocycles. The van der Waals surface area contributed by atoms with Crippen molar-refractivity contribution in [2.45, 2.75) is 57.6 Å². The molecule has 0 spiro atoms. The van der Waals surface area contributed by atoms with Crippen molar-refractivity contribution < 1.29 is 14.6 Å². The Labute approximate surface area is 144 Å². The van der Waals surface area contributed by atoms with Crippen molar-refractivity contribution in [3.05, 3.63) is 29.8 Å². The third-order valence-corrected chi connectivity index (χ3v) is 5.51. The van der Waals surface area contributed by atoms with Gasteiger partial charge in [0.2, 0.25) is 0 Å². The van der Waals surface area contributed by atoms with Gasteiger partial charge in [-0.1, -0.05) is 12.8 Å². The van der Waals surface area contributed by atoms with E-state index < -0.39 is 6.10 Å². The van der Waals surface area contributed by atoms with E-state index in [1.54, 1.807) is 31.2 Å². The molecule has 0 bridgehead atoms. The Kier molecular flexibility index (Phi) is 5.90. The molecular formula is C20H29NO3. The maximum atomic E-state index is 11.3. The van der Waals surface area contributed by atoms with Gasteiger partial charge in [0.25, 0.3) is 0 Å². The van der Waals surface area contributed by atoms with E-state index in [0.29, 0.717) is 30.5 Å². The van der Waals surface area contributed by atoms with Crippen molar-refractivity contribution in [1.82, 2.24) is 4.90 Å². The quantitative estimate of drug-likeness (QED) is 0.813. The highest BCUT2D eigenvalue weighted by Crippen LogP contribution is 2.35. The Morgan fingerprint density at radius 2 is 1.92 bits per heavy atom. The molecule has 2 aliphatic rings. The molecule has 4 nitrogen and oxygen atoms in total. The van der Waals surface area contributed by atoms with Crippen LogP contribution in [0.1, 0.15) is 55.8 Å². The Morgan fingerprint density at radius 1 is 1.21 bits per heavy atom. The lowest BCUT2D eigenvalue weighted by Crippen LogP contribution is -2.50. The maximum Gasteiger partial charge on any atom is 0.159 e. The predicted octanol–water partition coefficient (Wildman–Crippen LogP) is 3.28. The Balaban J connectivity index is 1.48. The van der Waals surface area contributed by atoms with Crippen molar-refractivity contribution in [2.24, 2.45) is 5.92 Å². The zero-order valence-electron chi connectivity index (χ0n) is 14.6. The normalized spacial score (nSPS) is 25.8. The molecule has 24 heavy (non-hydrogen) atoms. The molecule has 4 heteroatoms. The largest absolute Gasteiger partial charge is 0.491 e. The number of ether oxygens (including phenoxy) is 1. The molecule has 0 unspecified atom stereocenters. The number of carbonyl (C=O) groups is 1. The van der Waals surface area contributed by atoms with Gasteiger partial charge in [-0.25, -0.2) is 0 Å². The fraction of sp³-hybridized carbons (Fsp3) is 0.650. The smallest absolute Gasteiger partial charge is 0.159 e. The molecule has 0 radical (unpaired) electrons. The molecule has 1 saturated carbocycles. The molecule has 2 fully saturated rings. The van der Waals surface area contributed by atoms with Gasteiger partial charge in [-0.3, -0.25) is 9.69 Å². The molecule has 1 aromatic carbocycles. The second-order valence-corrected chi connectivity index (χ2v) is 7.29. The highest BCUT2D eigenvalue weighted by Gasteiger charge is 2.33. The van der Waals surface area contributed by atoms with Crippen LogP contribution in [-0.2, 0) is 0 Å². The number of carbonyl (C=O) groups excluding carboxylic acids is 1. The molecule has 132 valence electrons. The van der Waals surface area contributed by atoms with Crippen molar-refractivity contribution >= 4 is 5.78 Å². The van der Waals surface area contributed by atoms with E-state index >= 15 is 0 Å². The minimum absolute atomic E-state index is 0.0497. The van der Waals surface area contributed by atoms with Crippen LogP contribution in [0, 0.1) is 5.92 Å². The van der Waals surface area contributed by atoms with Gasteiger partial charge in [0, 0.05) is 18.2 Å². The summed E-state index contributed by atoms with van der Waals surface area (Å²) in [5, 5.41) is 10.4. The van der Waals surface area contributed by atoms with Crippen LogP contribution in [0.4, 0.5) is 0 Å². The van der Waals surface area contributed by atoms with E-state index in [1.807, 2.05) is 0 Å². The lowest BCUT2D eigenvalue weighted by atomic mass is 9.78. The number of hydrogen-bond donors (Lipinski definition) is 1. The summed E-state index contributed by atoms with van der Waals surface area (Å²) < 4.78 is 5.69. The summed E-state index contributed by atoms with van der Waals surface area (Å²) in [7, 11) is 0. The van der Waals surface area contributed by atoms with Crippen LogP contribution >= 0.6 is 0 Å². The van der Waals surface area contributed by atoms with E-state index in [0.717, 1.165) is 12.5 Å². The lowest BCUT2D eigenvalue weighted by molar-refractivity contribution is 0.00654. The maximum absolute atomic E-state index is 11.3. The van der Waals surface area contributed by atoms with E-state index in [-0.39, 0.29) is 5.78 Å². The van der Waals surface area contributed by atoms with Gasteiger partial charge in [-0.2, -0.15) is 0 Å². The van der Waals surface area contributed by atoms with Crippen LogP contribution in [0.2, 0.25) is 0 Å². The summed E-state index contributed by atoms with van der Waals surface area (Å²) in [4.78, 5) is 13.8. The molecule has 0 amide bonds. The zero-order chi connectivity index (χ0) is 16.9. The number of likely N-dealkylation sites (tertiary alicyclic amines) is 1. The Morgan fingerprint density at radius 3 is 2.67 bits per heavy atom. The first-order valence-electron chi connectivity index (χ1n) is 9.29. The molecule has 3 atom stereocenters. The van der Waals surface area contributed by atoms with Gasteiger partial charge in [0.05, 0.1) is 0 Å². The third-order valence-electron chi connectivity index (χ3n) is 5.51. The van der Waals surface area contributed by atoms with Crippen molar-refractivity contribution in [1.29, 1.82) is 0 Å². The predicted molar refractivity (Wildman–Crippen MR) is 94.5 cm³/mol. The number of ketones is 1. The molecule has 1 aromatic rings. The number of fused-ring (bicyclic) bond motifs is 1. The van der Waals surface area contributed by atoms with Crippen LogP contribution in [0.15, 0.2) is 24.3 Å². The Hall–Kier alpha value is -1.39. The monoisotopic (exact) mass is 331 g/mol. The van der Waals surface area contributed by atoms with Crippen LogP contribution in [0.25, 0.3) is 0 Å². The highest BCUT2D eigenvalue weighted by atomic mass is 16.5. The van der Waals surface area contributed by atoms with Gasteiger partial charge in [-0.05, 0) is 69.3 Å².